The van der Waals surface area contributed by atoms with Gasteiger partial charge in [-0.05, 0) is 0 Å². The van der Waals surface area contributed by atoms with Gasteiger partial charge in [0.1, 0.15) is 0 Å². The maximum absolute atomic E-state index is 11.3. The molecule has 0 spiro atoms. The minimum absolute atomic E-state index is 0.270. The summed E-state index contributed by atoms with van der Waals surface area (Å²) >= 11 is 0. The van der Waals surface area contributed by atoms with Crippen LogP contribution in [0.5, 0.6) is 0 Å². The van der Waals surface area contributed by atoms with Crippen molar-refractivity contribution in [2.45, 2.75) is 12.6 Å². The van der Waals surface area contributed by atoms with Gasteiger partial charge in [-0.25, -0.2) is 4.79 Å². The zero-order chi connectivity index (χ0) is 10.8. The molecule has 0 atom stereocenters. The summed E-state index contributed by atoms with van der Waals surface area (Å²) in [5.41, 5.74) is -0.217. The van der Waals surface area contributed by atoms with E-state index < -0.39 is 5.69 Å². The molecular formula is C9H13N3O3. The van der Waals surface area contributed by atoms with Crippen LogP contribution in [0.3, 0.4) is 0 Å². The van der Waals surface area contributed by atoms with Crippen molar-refractivity contribution in [1.29, 1.82) is 0 Å². The van der Waals surface area contributed by atoms with Crippen molar-refractivity contribution in [3.63, 3.8) is 0 Å². The molecule has 1 aliphatic heterocycles. The molecule has 2 N–H and O–H groups in total. The number of likely N-dealkylation sites (tertiary alicyclic amines) is 1. The lowest BCUT2D eigenvalue weighted by molar-refractivity contribution is -0.0336. The maximum Gasteiger partial charge on any atom is 0.325 e. The molecule has 1 aromatic rings. The Bertz CT molecular complexity index is 444. The summed E-state index contributed by atoms with van der Waals surface area (Å²) in [5, 5.41) is 0. The van der Waals surface area contributed by atoms with Crippen LogP contribution in [0.1, 0.15) is 5.56 Å². The Morgan fingerprint density at radius 3 is 2.87 bits per heavy atom. The molecule has 0 saturated carbocycles. The lowest BCUT2D eigenvalue weighted by Crippen LogP contribution is -2.51. The predicted molar refractivity (Wildman–Crippen MR) is 53.8 cm³/mol. The molecule has 0 amide bonds. The summed E-state index contributed by atoms with van der Waals surface area (Å²) in [7, 11) is 1.68. The first-order valence-electron chi connectivity index (χ1n) is 4.75. The summed E-state index contributed by atoms with van der Waals surface area (Å²) in [6.07, 6.45) is 1.73. The number of aromatic nitrogens is 2. The number of hydrogen-bond acceptors (Lipinski definition) is 4. The Kier molecular flexibility index (Phi) is 2.70. The van der Waals surface area contributed by atoms with Crippen molar-refractivity contribution < 1.29 is 4.74 Å². The van der Waals surface area contributed by atoms with E-state index in [2.05, 4.69) is 14.9 Å². The highest BCUT2D eigenvalue weighted by Crippen LogP contribution is 2.12. The highest BCUT2D eigenvalue weighted by Gasteiger charge is 2.26. The van der Waals surface area contributed by atoms with Gasteiger partial charge in [0.25, 0.3) is 5.56 Å². The Labute approximate surface area is 85.9 Å². The highest BCUT2D eigenvalue weighted by molar-refractivity contribution is 5.04. The van der Waals surface area contributed by atoms with Gasteiger partial charge in [-0.2, -0.15) is 0 Å². The third-order valence-electron chi connectivity index (χ3n) is 2.55. The molecule has 1 aromatic heterocycles. The number of aromatic amines is 2. The lowest BCUT2D eigenvalue weighted by atomic mass is 10.1. The van der Waals surface area contributed by atoms with E-state index in [4.69, 9.17) is 4.74 Å². The number of hydrogen-bond donors (Lipinski definition) is 2. The van der Waals surface area contributed by atoms with Crippen LogP contribution >= 0.6 is 0 Å². The molecule has 15 heavy (non-hydrogen) atoms. The van der Waals surface area contributed by atoms with Crippen LogP contribution in [-0.4, -0.2) is 41.2 Å². The van der Waals surface area contributed by atoms with Gasteiger partial charge in [0.15, 0.2) is 0 Å². The molecule has 1 aliphatic rings. The quantitative estimate of drug-likeness (QED) is 0.664. The topological polar surface area (TPSA) is 78.2 Å². The van der Waals surface area contributed by atoms with Gasteiger partial charge in [0.2, 0.25) is 0 Å². The number of methoxy groups -OCH3 is 1. The first kappa shape index (κ1) is 10.1. The summed E-state index contributed by atoms with van der Waals surface area (Å²) in [6.45, 7) is 2.20. The largest absolute Gasteiger partial charge is 0.379 e. The molecule has 1 fully saturated rings. The first-order valence-corrected chi connectivity index (χ1v) is 4.75. The van der Waals surface area contributed by atoms with Gasteiger partial charge in [-0.1, -0.05) is 0 Å². The second-order valence-corrected chi connectivity index (χ2v) is 3.65. The Balaban J connectivity index is 2.01. The average molecular weight is 211 g/mol. The minimum atomic E-state index is -0.470. The van der Waals surface area contributed by atoms with Crippen LogP contribution in [0.25, 0.3) is 0 Å². The van der Waals surface area contributed by atoms with Gasteiger partial charge in [0.05, 0.1) is 6.10 Å². The SMILES string of the molecule is COC1CN(Cc2c[nH]c(=O)[nH]c2=O)C1. The number of nitrogens with one attached hydrogen (secondary N) is 2. The summed E-state index contributed by atoms with van der Waals surface area (Å²) < 4.78 is 5.12. The van der Waals surface area contributed by atoms with E-state index in [1.165, 1.54) is 6.20 Å². The van der Waals surface area contributed by atoms with Crippen LogP contribution in [0.2, 0.25) is 0 Å². The van der Waals surface area contributed by atoms with Crippen molar-refractivity contribution in [3.8, 4) is 0 Å². The third-order valence-corrected chi connectivity index (χ3v) is 2.55. The molecule has 0 aromatic carbocycles. The lowest BCUT2D eigenvalue weighted by Gasteiger charge is -2.37. The summed E-state index contributed by atoms with van der Waals surface area (Å²) in [4.78, 5) is 28.8. The van der Waals surface area contributed by atoms with Crippen LogP contribution in [-0.2, 0) is 11.3 Å². The fourth-order valence-corrected chi connectivity index (χ4v) is 1.60. The standard InChI is InChI=1S/C9H13N3O3/c1-15-7-4-12(5-7)3-6-2-10-9(14)11-8(6)13/h2,7H,3-5H2,1H3,(H2,10,11,13,14). The average Bonchev–Trinajstić information content (AvgIpc) is 2.13. The van der Waals surface area contributed by atoms with E-state index >= 15 is 0 Å². The summed E-state index contributed by atoms with van der Waals surface area (Å²) in [5.74, 6) is 0. The molecule has 6 nitrogen and oxygen atoms in total. The molecule has 0 aliphatic carbocycles. The van der Waals surface area contributed by atoms with E-state index in [0.717, 1.165) is 13.1 Å². The van der Waals surface area contributed by atoms with Gasteiger partial charge >= 0.3 is 5.69 Å². The second kappa shape index (κ2) is 4.00. The molecule has 0 unspecified atom stereocenters. The summed E-state index contributed by atoms with van der Waals surface area (Å²) in [6, 6.07) is 0. The number of H-pyrrole nitrogens is 2. The fourth-order valence-electron chi connectivity index (χ4n) is 1.60. The van der Waals surface area contributed by atoms with Gasteiger partial charge < -0.3 is 9.72 Å². The molecule has 2 rings (SSSR count). The predicted octanol–water partition coefficient (Wildman–Crippen LogP) is -1.11. The fraction of sp³-hybridized carbons (Fsp3) is 0.556. The molecule has 6 heteroatoms. The van der Waals surface area contributed by atoms with Gasteiger partial charge in [0, 0.05) is 38.5 Å². The molecular weight excluding hydrogens is 198 g/mol. The van der Waals surface area contributed by atoms with Crippen molar-refractivity contribution >= 4 is 0 Å². The monoisotopic (exact) mass is 211 g/mol. The number of rotatable bonds is 3. The molecule has 82 valence electrons. The van der Waals surface area contributed by atoms with Gasteiger partial charge in [-0.3, -0.25) is 14.7 Å². The zero-order valence-corrected chi connectivity index (χ0v) is 8.45. The Hall–Kier alpha value is -1.40. The normalized spacial score (nSPS) is 17.7. The maximum atomic E-state index is 11.3. The van der Waals surface area contributed by atoms with Crippen molar-refractivity contribution in [2.24, 2.45) is 0 Å². The third kappa shape index (κ3) is 2.16. The van der Waals surface area contributed by atoms with E-state index in [9.17, 15) is 9.59 Å². The van der Waals surface area contributed by atoms with Gasteiger partial charge in [-0.15, -0.1) is 0 Å². The molecule has 2 heterocycles. The van der Waals surface area contributed by atoms with Crippen molar-refractivity contribution in [2.75, 3.05) is 20.2 Å². The van der Waals surface area contributed by atoms with Crippen LogP contribution in [0, 0.1) is 0 Å². The highest BCUT2D eigenvalue weighted by atomic mass is 16.5. The minimum Gasteiger partial charge on any atom is -0.379 e. The van der Waals surface area contributed by atoms with Crippen LogP contribution in [0.15, 0.2) is 15.8 Å². The smallest absolute Gasteiger partial charge is 0.325 e. The number of nitrogens with zero attached hydrogens (tertiary/aromatic N) is 1. The molecule has 0 radical (unpaired) electrons. The van der Waals surface area contributed by atoms with E-state index in [-0.39, 0.29) is 11.7 Å². The Morgan fingerprint density at radius 2 is 2.27 bits per heavy atom. The van der Waals surface area contributed by atoms with E-state index in [1.54, 1.807) is 7.11 Å². The van der Waals surface area contributed by atoms with E-state index in [1.807, 2.05) is 0 Å². The molecule has 1 saturated heterocycles. The first-order chi connectivity index (χ1) is 7.19. The number of ether oxygens (including phenoxy) is 1. The molecule has 0 bridgehead atoms. The van der Waals surface area contributed by atoms with Crippen molar-refractivity contribution in [3.05, 3.63) is 32.6 Å². The van der Waals surface area contributed by atoms with Crippen LogP contribution in [0.4, 0.5) is 0 Å². The zero-order valence-electron chi connectivity index (χ0n) is 8.45. The van der Waals surface area contributed by atoms with Crippen LogP contribution < -0.4 is 11.2 Å². The van der Waals surface area contributed by atoms with E-state index in [0.29, 0.717) is 12.1 Å². The Morgan fingerprint density at radius 1 is 1.53 bits per heavy atom. The van der Waals surface area contributed by atoms with Crippen molar-refractivity contribution in [1.82, 2.24) is 14.9 Å². The second-order valence-electron chi connectivity index (χ2n) is 3.65.